The molecule has 0 aromatic heterocycles. The fraction of sp³-hybridized carbons (Fsp3) is 0.462. The lowest BCUT2D eigenvalue weighted by atomic mass is 9.79. The van der Waals surface area contributed by atoms with Gasteiger partial charge in [-0.15, -0.1) is 0 Å². The summed E-state index contributed by atoms with van der Waals surface area (Å²) in [5.74, 6) is -1.10. The predicted molar refractivity (Wildman–Crippen MR) is 122 cm³/mol. The molecule has 0 spiro atoms. The Hall–Kier alpha value is -2.70. The van der Waals surface area contributed by atoms with Crippen molar-refractivity contribution < 1.29 is 29.1 Å². The molecular formula is C26H34O6. The summed E-state index contributed by atoms with van der Waals surface area (Å²) >= 11 is 0. The second kappa shape index (κ2) is 10.7. The lowest BCUT2D eigenvalue weighted by molar-refractivity contribution is -0.332. The average Bonchev–Trinajstić information content (AvgIpc) is 2.75. The molecule has 0 aliphatic heterocycles. The van der Waals surface area contributed by atoms with Crippen LogP contribution in [0.25, 0.3) is 0 Å². The van der Waals surface area contributed by atoms with Gasteiger partial charge in [-0.05, 0) is 69.7 Å². The molecule has 0 radical (unpaired) electrons. The number of carbonyl (C=O) groups excluding carboxylic acids is 2. The SMILES string of the molecule is CC(C)(C)CC(C)(CCC(C)(C)OOC(=O)c1ccccc1)OOC(=O)c1ccccc1. The van der Waals surface area contributed by atoms with Crippen LogP contribution < -0.4 is 0 Å². The summed E-state index contributed by atoms with van der Waals surface area (Å²) in [5, 5.41) is 0. The van der Waals surface area contributed by atoms with Gasteiger partial charge in [0.05, 0.1) is 11.1 Å². The molecule has 2 aromatic rings. The Kier molecular flexibility index (Phi) is 8.58. The van der Waals surface area contributed by atoms with E-state index >= 15 is 0 Å². The van der Waals surface area contributed by atoms with Crippen molar-refractivity contribution >= 4 is 11.9 Å². The van der Waals surface area contributed by atoms with Crippen LogP contribution >= 0.6 is 0 Å². The van der Waals surface area contributed by atoms with E-state index in [-0.39, 0.29) is 5.41 Å². The van der Waals surface area contributed by atoms with E-state index in [0.29, 0.717) is 30.4 Å². The van der Waals surface area contributed by atoms with E-state index < -0.39 is 23.1 Å². The van der Waals surface area contributed by atoms with Crippen LogP contribution in [0.15, 0.2) is 60.7 Å². The summed E-state index contributed by atoms with van der Waals surface area (Å²) in [7, 11) is 0. The van der Waals surface area contributed by atoms with Crippen LogP contribution in [0, 0.1) is 5.41 Å². The molecule has 2 rings (SSSR count). The zero-order chi connectivity index (χ0) is 23.8. The van der Waals surface area contributed by atoms with Crippen LogP contribution in [0.2, 0.25) is 0 Å². The van der Waals surface area contributed by atoms with Crippen molar-refractivity contribution in [3.8, 4) is 0 Å². The van der Waals surface area contributed by atoms with Gasteiger partial charge in [-0.3, -0.25) is 9.78 Å². The normalized spacial score (nSPS) is 13.8. The van der Waals surface area contributed by atoms with Crippen molar-refractivity contribution in [1.29, 1.82) is 0 Å². The molecule has 0 N–H and O–H groups in total. The Morgan fingerprint density at radius 2 is 1.09 bits per heavy atom. The Bertz CT molecular complexity index is 870. The van der Waals surface area contributed by atoms with Crippen molar-refractivity contribution in [2.75, 3.05) is 0 Å². The van der Waals surface area contributed by atoms with E-state index in [1.54, 1.807) is 48.5 Å². The van der Waals surface area contributed by atoms with Gasteiger partial charge in [0, 0.05) is 0 Å². The van der Waals surface area contributed by atoms with Crippen molar-refractivity contribution in [2.45, 2.75) is 72.0 Å². The van der Waals surface area contributed by atoms with Gasteiger partial charge < -0.3 is 0 Å². The van der Waals surface area contributed by atoms with Gasteiger partial charge in [0.2, 0.25) is 0 Å². The molecule has 0 bridgehead atoms. The zero-order valence-electron chi connectivity index (χ0n) is 19.8. The largest absolute Gasteiger partial charge is 0.373 e. The minimum absolute atomic E-state index is 0.0708. The second-order valence-electron chi connectivity index (χ2n) is 10.1. The molecule has 0 saturated heterocycles. The standard InChI is InChI=1S/C26H34O6/c1-24(2,3)19-26(6,32-30-23(28)21-15-11-8-12-16-21)18-17-25(4,5)31-29-22(27)20-13-9-7-10-14-20/h7-16H,17-19H2,1-6H3. The van der Waals surface area contributed by atoms with Gasteiger partial charge in [0.1, 0.15) is 11.2 Å². The van der Waals surface area contributed by atoms with Crippen molar-refractivity contribution in [2.24, 2.45) is 5.41 Å². The summed E-state index contributed by atoms with van der Waals surface area (Å²) in [5.41, 5.74) is -0.763. The lowest BCUT2D eigenvalue weighted by Gasteiger charge is -2.35. The smallest absolute Gasteiger partial charge is 0.292 e. The number of hydrogen-bond donors (Lipinski definition) is 0. The number of rotatable bonds is 10. The Balaban J connectivity index is 1.97. The van der Waals surface area contributed by atoms with Gasteiger partial charge in [-0.2, -0.15) is 9.78 Å². The van der Waals surface area contributed by atoms with Crippen LogP contribution in [0.3, 0.4) is 0 Å². The number of hydrogen-bond acceptors (Lipinski definition) is 6. The highest BCUT2D eigenvalue weighted by atomic mass is 17.2. The van der Waals surface area contributed by atoms with Crippen LogP contribution in [0.1, 0.15) is 81.5 Å². The first-order chi connectivity index (χ1) is 14.9. The molecule has 0 fully saturated rings. The summed E-state index contributed by atoms with van der Waals surface area (Å²) in [6.07, 6.45) is 1.66. The molecule has 1 atom stereocenters. The maximum absolute atomic E-state index is 12.3. The molecule has 6 nitrogen and oxygen atoms in total. The quantitative estimate of drug-likeness (QED) is 0.317. The van der Waals surface area contributed by atoms with Gasteiger partial charge in [0.15, 0.2) is 0 Å². The van der Waals surface area contributed by atoms with E-state index in [1.807, 2.05) is 32.9 Å². The molecule has 32 heavy (non-hydrogen) atoms. The van der Waals surface area contributed by atoms with Gasteiger partial charge in [0.25, 0.3) is 0 Å². The second-order valence-corrected chi connectivity index (χ2v) is 10.1. The highest BCUT2D eigenvalue weighted by Gasteiger charge is 2.36. The summed E-state index contributed by atoms with van der Waals surface area (Å²) in [4.78, 5) is 45.9. The van der Waals surface area contributed by atoms with Crippen molar-refractivity contribution in [1.82, 2.24) is 0 Å². The van der Waals surface area contributed by atoms with Gasteiger partial charge in [-0.1, -0.05) is 57.2 Å². The molecule has 0 aliphatic rings. The monoisotopic (exact) mass is 442 g/mol. The third-order valence-electron chi connectivity index (χ3n) is 4.84. The van der Waals surface area contributed by atoms with Crippen LogP contribution in [0.5, 0.6) is 0 Å². The average molecular weight is 443 g/mol. The Morgan fingerprint density at radius 1 is 0.656 bits per heavy atom. The summed E-state index contributed by atoms with van der Waals surface area (Å²) < 4.78 is 0. The Morgan fingerprint density at radius 3 is 1.53 bits per heavy atom. The highest BCUT2D eigenvalue weighted by Crippen LogP contribution is 2.35. The fourth-order valence-corrected chi connectivity index (χ4v) is 3.42. The number of carbonyl (C=O) groups is 2. The van der Waals surface area contributed by atoms with E-state index in [2.05, 4.69) is 20.8 Å². The summed E-state index contributed by atoms with van der Waals surface area (Å²) in [6, 6.07) is 17.4. The van der Waals surface area contributed by atoms with Gasteiger partial charge in [-0.25, -0.2) is 9.59 Å². The van der Waals surface area contributed by atoms with Crippen molar-refractivity contribution in [3.63, 3.8) is 0 Å². The lowest BCUT2D eigenvalue weighted by Crippen LogP contribution is -2.38. The third-order valence-corrected chi connectivity index (χ3v) is 4.84. The minimum Gasteiger partial charge on any atom is -0.292 e. The van der Waals surface area contributed by atoms with E-state index in [9.17, 15) is 9.59 Å². The first-order valence-corrected chi connectivity index (χ1v) is 10.8. The third kappa shape index (κ3) is 8.81. The molecule has 1 unspecified atom stereocenters. The number of benzene rings is 2. The molecule has 2 aromatic carbocycles. The molecule has 6 heteroatoms. The molecule has 0 aliphatic carbocycles. The summed E-state index contributed by atoms with van der Waals surface area (Å²) in [6.45, 7) is 11.9. The van der Waals surface area contributed by atoms with Crippen LogP contribution in [-0.2, 0) is 19.6 Å². The maximum Gasteiger partial charge on any atom is 0.373 e. The van der Waals surface area contributed by atoms with Gasteiger partial charge >= 0.3 is 11.9 Å². The molecule has 0 saturated carbocycles. The van der Waals surface area contributed by atoms with E-state index in [4.69, 9.17) is 19.6 Å². The molecule has 174 valence electrons. The molecule has 0 heterocycles. The predicted octanol–water partition coefficient (Wildman–Crippen LogP) is 6.32. The maximum atomic E-state index is 12.3. The zero-order valence-corrected chi connectivity index (χ0v) is 19.8. The van der Waals surface area contributed by atoms with Crippen molar-refractivity contribution in [3.05, 3.63) is 71.8 Å². The van der Waals surface area contributed by atoms with Crippen LogP contribution in [-0.4, -0.2) is 23.1 Å². The minimum atomic E-state index is -0.767. The Labute approximate surface area is 190 Å². The topological polar surface area (TPSA) is 71.1 Å². The fourth-order valence-electron chi connectivity index (χ4n) is 3.42. The first-order valence-electron chi connectivity index (χ1n) is 10.8. The highest BCUT2D eigenvalue weighted by molar-refractivity contribution is 5.89. The molecule has 0 amide bonds. The molecular weight excluding hydrogens is 408 g/mol. The first kappa shape index (κ1) is 25.6. The van der Waals surface area contributed by atoms with E-state index in [0.717, 1.165) is 0 Å². The van der Waals surface area contributed by atoms with Crippen LogP contribution in [0.4, 0.5) is 0 Å². The van der Waals surface area contributed by atoms with E-state index in [1.165, 1.54) is 0 Å².